The molecule has 1 aromatic rings. The SMILES string of the molecule is C.Cc1c(CCO)sc[n+]1C.[I-]. The molecule has 0 aliphatic heterocycles. The molecule has 0 unspecified atom stereocenters. The Morgan fingerprint density at radius 3 is 2.50 bits per heavy atom. The lowest BCUT2D eigenvalue weighted by atomic mass is 10.3. The Hall–Kier alpha value is 0.320. The van der Waals surface area contributed by atoms with Crippen molar-refractivity contribution in [3.8, 4) is 0 Å². The van der Waals surface area contributed by atoms with E-state index in [-0.39, 0.29) is 38.0 Å². The minimum Gasteiger partial charge on any atom is -1.00 e. The molecule has 1 heterocycles. The van der Waals surface area contributed by atoms with Gasteiger partial charge in [-0.2, -0.15) is 4.57 Å². The van der Waals surface area contributed by atoms with Crippen LogP contribution in [0.3, 0.4) is 0 Å². The molecule has 0 saturated heterocycles. The monoisotopic (exact) mass is 301 g/mol. The molecule has 4 heteroatoms. The van der Waals surface area contributed by atoms with E-state index < -0.39 is 0 Å². The number of thiazole rings is 1. The number of nitrogens with zero attached hydrogens (tertiary/aromatic N) is 1. The van der Waals surface area contributed by atoms with E-state index in [1.54, 1.807) is 11.3 Å². The second kappa shape index (κ2) is 6.80. The molecule has 0 atom stereocenters. The van der Waals surface area contributed by atoms with Gasteiger partial charge in [-0.25, -0.2) is 0 Å². The van der Waals surface area contributed by atoms with Crippen molar-refractivity contribution in [1.29, 1.82) is 0 Å². The normalized spacial score (nSPS) is 8.58. The number of aliphatic hydroxyl groups excluding tert-OH is 1. The predicted molar refractivity (Wildman–Crippen MR) is 47.8 cm³/mol. The van der Waals surface area contributed by atoms with Crippen LogP contribution < -0.4 is 28.5 Å². The Labute approximate surface area is 95.3 Å². The lowest BCUT2D eigenvalue weighted by molar-refractivity contribution is -0.673. The van der Waals surface area contributed by atoms with Gasteiger partial charge in [-0.15, -0.1) is 0 Å². The van der Waals surface area contributed by atoms with Gasteiger partial charge in [0.15, 0.2) is 5.69 Å². The lowest BCUT2D eigenvalue weighted by Crippen LogP contribution is -3.00. The second-order valence-electron chi connectivity index (χ2n) is 2.32. The number of aryl methyl sites for hydroxylation is 1. The van der Waals surface area contributed by atoms with Gasteiger partial charge < -0.3 is 29.1 Å². The minimum absolute atomic E-state index is 0. The maximum absolute atomic E-state index is 8.65. The van der Waals surface area contributed by atoms with Gasteiger partial charge in [-0.1, -0.05) is 18.8 Å². The van der Waals surface area contributed by atoms with Crippen LogP contribution in [-0.2, 0) is 13.5 Å². The molecule has 0 bridgehead atoms. The fraction of sp³-hybridized carbons (Fsp3) is 0.625. The van der Waals surface area contributed by atoms with E-state index in [0.29, 0.717) is 0 Å². The highest BCUT2D eigenvalue weighted by atomic mass is 127. The van der Waals surface area contributed by atoms with Crippen LogP contribution in [0.1, 0.15) is 18.0 Å². The number of rotatable bonds is 2. The van der Waals surface area contributed by atoms with Crippen molar-refractivity contribution in [3.05, 3.63) is 16.1 Å². The number of hydrogen-bond acceptors (Lipinski definition) is 2. The third-order valence-corrected chi connectivity index (χ3v) is 2.83. The van der Waals surface area contributed by atoms with Crippen LogP contribution in [0, 0.1) is 6.92 Å². The molecule has 0 aliphatic rings. The van der Waals surface area contributed by atoms with E-state index in [0.717, 1.165) is 6.42 Å². The highest BCUT2D eigenvalue weighted by molar-refractivity contribution is 7.09. The summed E-state index contributed by atoms with van der Waals surface area (Å²) in [4.78, 5) is 1.28. The van der Waals surface area contributed by atoms with Gasteiger partial charge in [0.2, 0.25) is 5.51 Å². The zero-order valence-corrected chi connectivity index (χ0v) is 9.65. The zero-order valence-electron chi connectivity index (χ0n) is 6.67. The summed E-state index contributed by atoms with van der Waals surface area (Å²) in [6.45, 7) is 2.32. The van der Waals surface area contributed by atoms with E-state index in [2.05, 4.69) is 17.0 Å². The number of hydrogen-bond donors (Lipinski definition) is 1. The maximum Gasteiger partial charge on any atom is 0.224 e. The summed E-state index contributed by atoms with van der Waals surface area (Å²) in [5, 5.41) is 8.65. The molecule has 0 radical (unpaired) electrons. The third-order valence-electron chi connectivity index (χ3n) is 1.62. The van der Waals surface area contributed by atoms with Crippen LogP contribution in [0.2, 0.25) is 0 Å². The van der Waals surface area contributed by atoms with Crippen LogP contribution >= 0.6 is 11.3 Å². The smallest absolute Gasteiger partial charge is 0.224 e. The Balaban J connectivity index is 0. The van der Waals surface area contributed by atoms with Crippen molar-refractivity contribution in [1.82, 2.24) is 0 Å². The molecule has 1 rings (SSSR count). The van der Waals surface area contributed by atoms with Crippen molar-refractivity contribution in [2.24, 2.45) is 7.05 Å². The molecule has 12 heavy (non-hydrogen) atoms. The molecule has 0 aromatic carbocycles. The lowest BCUT2D eigenvalue weighted by Gasteiger charge is -1.88. The average Bonchev–Trinajstić information content (AvgIpc) is 2.20. The van der Waals surface area contributed by atoms with E-state index >= 15 is 0 Å². The number of aliphatic hydroxyl groups is 1. The first-order chi connectivity index (χ1) is 4.75. The average molecular weight is 301 g/mol. The van der Waals surface area contributed by atoms with Gasteiger partial charge in [0.25, 0.3) is 0 Å². The van der Waals surface area contributed by atoms with Gasteiger partial charge in [-0.3, -0.25) is 0 Å². The van der Waals surface area contributed by atoms with Crippen molar-refractivity contribution in [2.45, 2.75) is 20.8 Å². The van der Waals surface area contributed by atoms with Gasteiger partial charge in [0, 0.05) is 20.0 Å². The van der Waals surface area contributed by atoms with Crippen LogP contribution in [0.25, 0.3) is 0 Å². The summed E-state index contributed by atoms with van der Waals surface area (Å²) in [6.07, 6.45) is 0.789. The van der Waals surface area contributed by atoms with Gasteiger partial charge in [-0.05, 0) is 0 Å². The molecule has 1 aromatic heterocycles. The van der Waals surface area contributed by atoms with E-state index in [4.69, 9.17) is 5.11 Å². The first kappa shape index (κ1) is 14.8. The molecule has 0 spiro atoms. The summed E-state index contributed by atoms with van der Waals surface area (Å²) in [6, 6.07) is 0. The quantitative estimate of drug-likeness (QED) is 0.499. The van der Waals surface area contributed by atoms with Crippen molar-refractivity contribution in [2.75, 3.05) is 6.61 Å². The highest BCUT2D eigenvalue weighted by Crippen LogP contribution is 2.09. The molecule has 0 aliphatic carbocycles. The fourth-order valence-electron chi connectivity index (χ4n) is 0.845. The Morgan fingerprint density at radius 2 is 2.17 bits per heavy atom. The molecule has 0 amide bonds. The van der Waals surface area contributed by atoms with Crippen molar-refractivity contribution < 1.29 is 33.7 Å². The minimum atomic E-state index is 0. The van der Waals surface area contributed by atoms with Gasteiger partial charge >= 0.3 is 0 Å². The first-order valence-electron chi connectivity index (χ1n) is 3.29. The Kier molecular flexibility index (Phi) is 8.39. The van der Waals surface area contributed by atoms with Crippen LogP contribution in [0.5, 0.6) is 0 Å². The Bertz CT molecular complexity index is 225. The van der Waals surface area contributed by atoms with E-state index in [1.165, 1.54) is 10.6 Å². The molecule has 0 saturated carbocycles. The largest absolute Gasteiger partial charge is 1.00 e. The maximum atomic E-state index is 8.65. The molecular weight excluding hydrogens is 285 g/mol. The molecule has 0 fully saturated rings. The van der Waals surface area contributed by atoms with Crippen LogP contribution in [0.15, 0.2) is 5.51 Å². The summed E-state index contributed by atoms with van der Waals surface area (Å²) < 4.78 is 2.08. The molecule has 1 N–H and O–H groups in total. The predicted octanol–water partition coefficient (Wildman–Crippen LogP) is -1.94. The summed E-state index contributed by atoms with van der Waals surface area (Å²) in [5.74, 6) is 0. The fourth-order valence-corrected chi connectivity index (χ4v) is 1.81. The summed E-state index contributed by atoms with van der Waals surface area (Å²) >= 11 is 1.70. The zero-order chi connectivity index (χ0) is 7.56. The van der Waals surface area contributed by atoms with E-state index in [1.807, 2.05) is 7.05 Å². The molecular formula is C8H16INOS. The first-order valence-corrected chi connectivity index (χ1v) is 4.17. The van der Waals surface area contributed by atoms with Crippen LogP contribution in [-0.4, -0.2) is 11.7 Å². The van der Waals surface area contributed by atoms with Gasteiger partial charge in [0.1, 0.15) is 7.05 Å². The van der Waals surface area contributed by atoms with Crippen molar-refractivity contribution in [3.63, 3.8) is 0 Å². The molecule has 2 nitrogen and oxygen atoms in total. The topological polar surface area (TPSA) is 24.1 Å². The van der Waals surface area contributed by atoms with Crippen LogP contribution in [0.4, 0.5) is 0 Å². The second-order valence-corrected chi connectivity index (χ2v) is 3.26. The van der Waals surface area contributed by atoms with Crippen molar-refractivity contribution >= 4 is 11.3 Å². The summed E-state index contributed by atoms with van der Waals surface area (Å²) in [5.41, 5.74) is 3.32. The number of aromatic nitrogens is 1. The Morgan fingerprint density at radius 1 is 1.58 bits per heavy atom. The molecule has 72 valence electrons. The third kappa shape index (κ3) is 3.37. The van der Waals surface area contributed by atoms with Gasteiger partial charge in [0.05, 0.1) is 4.88 Å². The standard InChI is InChI=1S/C7H12NOS.CH4.HI/c1-6-7(3-4-9)10-5-8(6)2;;/h5,9H,3-4H2,1-2H3;1H4;1H/q+1;;/p-1. The van der Waals surface area contributed by atoms with E-state index in [9.17, 15) is 0 Å². The number of halogens is 1. The summed E-state index contributed by atoms with van der Waals surface area (Å²) in [7, 11) is 2.02. The highest BCUT2D eigenvalue weighted by Gasteiger charge is 2.09.